The maximum atomic E-state index is 12.8. The summed E-state index contributed by atoms with van der Waals surface area (Å²) in [5, 5.41) is 12.0. The van der Waals surface area contributed by atoms with Crippen molar-refractivity contribution in [3.05, 3.63) is 53.1 Å². The molecule has 0 atom stereocenters. The van der Waals surface area contributed by atoms with Crippen LogP contribution in [0.15, 0.2) is 30.5 Å². The van der Waals surface area contributed by atoms with Gasteiger partial charge in [-0.05, 0) is 62.8 Å². The van der Waals surface area contributed by atoms with Crippen LogP contribution in [0.2, 0.25) is 0 Å². The molecule has 0 bridgehead atoms. The second-order valence-corrected chi connectivity index (χ2v) is 9.26. The van der Waals surface area contributed by atoms with E-state index >= 15 is 0 Å². The van der Waals surface area contributed by atoms with Crippen molar-refractivity contribution in [2.75, 3.05) is 44.8 Å². The molecule has 34 heavy (non-hydrogen) atoms. The van der Waals surface area contributed by atoms with E-state index in [0.29, 0.717) is 6.61 Å². The first-order valence-electron chi connectivity index (χ1n) is 12.0. The summed E-state index contributed by atoms with van der Waals surface area (Å²) in [4.78, 5) is 21.9. The number of hydrogen-bond acceptors (Lipinski definition) is 6. The average Bonchev–Trinajstić information content (AvgIpc) is 3.35. The van der Waals surface area contributed by atoms with Crippen molar-refractivity contribution in [1.82, 2.24) is 14.9 Å². The number of anilines is 1. The molecule has 2 heterocycles. The summed E-state index contributed by atoms with van der Waals surface area (Å²) in [6.07, 6.45) is 7.96. The molecule has 2 N–H and O–H groups in total. The van der Waals surface area contributed by atoms with E-state index in [1.807, 2.05) is 18.2 Å². The third kappa shape index (κ3) is 5.92. The molecule has 4 rings (SSSR count). The molecule has 8 nitrogen and oxygen atoms in total. The van der Waals surface area contributed by atoms with Gasteiger partial charge in [0, 0.05) is 30.9 Å². The van der Waals surface area contributed by atoms with Crippen LogP contribution in [0.4, 0.5) is 5.69 Å². The maximum Gasteiger partial charge on any atom is 0.291 e. The molecule has 180 valence electrons. The Labute approximate surface area is 201 Å². The number of morpholine rings is 1. The molecule has 1 aromatic carbocycles. The fourth-order valence-electron chi connectivity index (χ4n) is 4.39. The fourth-order valence-corrected chi connectivity index (χ4v) is 4.39. The summed E-state index contributed by atoms with van der Waals surface area (Å²) in [5.74, 6) is -0.246. The minimum Gasteiger partial charge on any atom is -0.379 e. The van der Waals surface area contributed by atoms with Gasteiger partial charge in [0.1, 0.15) is 11.8 Å². The second kappa shape index (κ2) is 11.0. The summed E-state index contributed by atoms with van der Waals surface area (Å²) < 4.78 is 11.8. The molecule has 0 radical (unpaired) electrons. The summed E-state index contributed by atoms with van der Waals surface area (Å²) >= 11 is 0. The number of hydrogen-bond donors (Lipinski definition) is 2. The van der Waals surface area contributed by atoms with E-state index in [4.69, 9.17) is 14.7 Å². The monoisotopic (exact) mass is 463 g/mol. The summed E-state index contributed by atoms with van der Waals surface area (Å²) in [7, 11) is 0. The Morgan fingerprint density at radius 1 is 1.32 bits per heavy atom. The Morgan fingerprint density at radius 2 is 2.15 bits per heavy atom. The SMILES string of the molecule is CC(C)(OCCN1CCOCC1)c1ccc(NC(=O)c2ncc(C#N)[nH]2)c(C2=CCCCC2)c1. The number of aromatic amines is 1. The van der Waals surface area contributed by atoms with Crippen LogP contribution in [-0.2, 0) is 15.1 Å². The smallest absolute Gasteiger partial charge is 0.291 e. The number of amides is 1. The molecule has 1 amide bonds. The van der Waals surface area contributed by atoms with E-state index in [9.17, 15) is 4.79 Å². The van der Waals surface area contributed by atoms with Crippen molar-refractivity contribution in [3.8, 4) is 6.07 Å². The third-order valence-electron chi connectivity index (χ3n) is 6.49. The molecule has 1 aromatic heterocycles. The number of allylic oxidation sites excluding steroid dienone is 2. The van der Waals surface area contributed by atoms with Gasteiger partial charge in [0.2, 0.25) is 0 Å². The highest BCUT2D eigenvalue weighted by molar-refractivity contribution is 6.03. The van der Waals surface area contributed by atoms with Crippen molar-refractivity contribution in [2.45, 2.75) is 45.1 Å². The Bertz CT molecular complexity index is 1080. The topological polar surface area (TPSA) is 103 Å². The summed E-state index contributed by atoms with van der Waals surface area (Å²) in [6, 6.07) is 8.06. The van der Waals surface area contributed by atoms with Crippen LogP contribution in [0.1, 0.15) is 67.0 Å². The number of nitriles is 1. The Balaban J connectivity index is 1.52. The number of imidazole rings is 1. The first-order chi connectivity index (χ1) is 16.5. The number of benzene rings is 1. The quantitative estimate of drug-likeness (QED) is 0.612. The average molecular weight is 464 g/mol. The van der Waals surface area contributed by atoms with Crippen LogP contribution in [0.25, 0.3) is 5.57 Å². The van der Waals surface area contributed by atoms with Gasteiger partial charge in [-0.1, -0.05) is 12.1 Å². The lowest BCUT2D eigenvalue weighted by atomic mass is 9.88. The van der Waals surface area contributed by atoms with Crippen LogP contribution in [0.5, 0.6) is 0 Å². The van der Waals surface area contributed by atoms with Crippen LogP contribution in [0, 0.1) is 11.3 Å². The van der Waals surface area contributed by atoms with E-state index in [-0.39, 0.29) is 17.4 Å². The predicted octanol–water partition coefficient (Wildman–Crippen LogP) is 4.07. The lowest BCUT2D eigenvalue weighted by molar-refractivity contribution is -0.0420. The molecule has 2 aliphatic rings. The van der Waals surface area contributed by atoms with Gasteiger partial charge in [-0.15, -0.1) is 0 Å². The minimum absolute atomic E-state index is 0.121. The third-order valence-corrected chi connectivity index (χ3v) is 6.49. The van der Waals surface area contributed by atoms with Crippen LogP contribution in [0.3, 0.4) is 0 Å². The largest absolute Gasteiger partial charge is 0.379 e. The number of H-pyrrole nitrogens is 1. The molecule has 0 unspecified atom stereocenters. The molecule has 1 aliphatic heterocycles. The fraction of sp³-hybridized carbons (Fsp3) is 0.500. The van der Waals surface area contributed by atoms with Gasteiger partial charge >= 0.3 is 0 Å². The molecular formula is C26H33N5O3. The highest BCUT2D eigenvalue weighted by Crippen LogP contribution is 2.36. The Hall–Kier alpha value is -2.99. The van der Waals surface area contributed by atoms with Gasteiger partial charge in [0.05, 0.1) is 31.6 Å². The van der Waals surface area contributed by atoms with E-state index in [2.05, 4.69) is 46.2 Å². The first kappa shape index (κ1) is 24.1. The van der Waals surface area contributed by atoms with E-state index < -0.39 is 5.60 Å². The Kier molecular flexibility index (Phi) is 7.78. The van der Waals surface area contributed by atoms with Gasteiger partial charge in [-0.25, -0.2) is 4.98 Å². The summed E-state index contributed by atoms with van der Waals surface area (Å²) in [5.41, 5.74) is 3.85. The van der Waals surface area contributed by atoms with E-state index in [0.717, 1.165) is 68.9 Å². The second-order valence-electron chi connectivity index (χ2n) is 9.26. The van der Waals surface area contributed by atoms with Crippen molar-refractivity contribution < 1.29 is 14.3 Å². The molecular weight excluding hydrogens is 430 g/mol. The number of nitrogens with one attached hydrogen (secondary N) is 2. The number of rotatable bonds is 8. The van der Waals surface area contributed by atoms with Crippen molar-refractivity contribution in [2.24, 2.45) is 0 Å². The highest BCUT2D eigenvalue weighted by Gasteiger charge is 2.25. The maximum absolute atomic E-state index is 12.8. The van der Waals surface area contributed by atoms with Crippen LogP contribution < -0.4 is 5.32 Å². The number of aromatic nitrogens is 2. The zero-order valence-electron chi connectivity index (χ0n) is 20.0. The van der Waals surface area contributed by atoms with E-state index in [1.165, 1.54) is 18.2 Å². The molecule has 1 fully saturated rings. The Morgan fingerprint density at radius 3 is 2.85 bits per heavy atom. The van der Waals surface area contributed by atoms with Gasteiger partial charge in [0.15, 0.2) is 5.82 Å². The lowest BCUT2D eigenvalue weighted by Gasteiger charge is -2.31. The summed E-state index contributed by atoms with van der Waals surface area (Å²) in [6.45, 7) is 9.16. The molecule has 0 saturated carbocycles. The zero-order chi connectivity index (χ0) is 24.0. The van der Waals surface area contributed by atoms with Crippen molar-refractivity contribution >= 4 is 17.2 Å². The number of carbonyl (C=O) groups is 1. The van der Waals surface area contributed by atoms with Crippen LogP contribution in [-0.4, -0.2) is 60.2 Å². The number of nitrogens with zero attached hydrogens (tertiary/aromatic N) is 3. The van der Waals surface area contributed by atoms with Crippen molar-refractivity contribution in [3.63, 3.8) is 0 Å². The van der Waals surface area contributed by atoms with E-state index in [1.54, 1.807) is 0 Å². The minimum atomic E-state index is -0.471. The molecule has 0 spiro atoms. The molecule has 8 heteroatoms. The number of carbonyl (C=O) groups excluding carboxylic acids is 1. The van der Waals surface area contributed by atoms with Gasteiger partial charge in [-0.2, -0.15) is 5.26 Å². The zero-order valence-corrected chi connectivity index (χ0v) is 20.0. The molecule has 2 aromatic rings. The number of ether oxygens (including phenoxy) is 2. The highest BCUT2D eigenvalue weighted by atomic mass is 16.5. The van der Waals surface area contributed by atoms with Gasteiger partial charge < -0.3 is 19.8 Å². The van der Waals surface area contributed by atoms with Crippen LogP contribution >= 0.6 is 0 Å². The lowest BCUT2D eigenvalue weighted by Crippen LogP contribution is -2.39. The molecule has 1 saturated heterocycles. The molecule has 1 aliphatic carbocycles. The normalized spacial score (nSPS) is 17.1. The standard InChI is InChI=1S/C26H33N5O3/c1-26(2,34-15-12-31-10-13-33-14-11-31)20-8-9-23(22(16-20)19-6-4-3-5-7-19)30-25(32)24-28-18-21(17-27)29-24/h6,8-9,16,18H,3-5,7,10-15H2,1-2H3,(H,28,29)(H,30,32). The van der Waals surface area contributed by atoms with Crippen molar-refractivity contribution in [1.29, 1.82) is 5.26 Å². The van der Waals surface area contributed by atoms with Gasteiger partial charge in [-0.3, -0.25) is 9.69 Å². The predicted molar refractivity (Wildman–Crippen MR) is 130 cm³/mol. The van der Waals surface area contributed by atoms with Gasteiger partial charge in [0.25, 0.3) is 5.91 Å². The first-order valence-corrected chi connectivity index (χ1v) is 12.0.